The number of rotatable bonds is 4. The van der Waals surface area contributed by atoms with E-state index in [9.17, 15) is 0 Å². The zero-order chi connectivity index (χ0) is 32.3. The minimum absolute atomic E-state index is 0.602. The van der Waals surface area contributed by atoms with Crippen molar-refractivity contribution in [3.63, 3.8) is 0 Å². The van der Waals surface area contributed by atoms with Crippen molar-refractivity contribution in [3.05, 3.63) is 164 Å². The summed E-state index contributed by atoms with van der Waals surface area (Å²) in [4.78, 5) is 15.6. The number of nitrogens with zero attached hydrogens (tertiary/aromatic N) is 3. The van der Waals surface area contributed by atoms with Gasteiger partial charge in [0, 0.05) is 32.8 Å². The minimum Gasteiger partial charge on any atom is -0.455 e. The van der Waals surface area contributed by atoms with Gasteiger partial charge in [0.25, 0.3) is 0 Å². The number of aromatic nitrogens is 3. The van der Waals surface area contributed by atoms with Crippen molar-refractivity contribution in [2.45, 2.75) is 0 Å². The normalized spacial score (nSPS) is 11.7. The first kappa shape index (κ1) is 27.5. The molecule has 0 aliphatic rings. The second-order valence-electron chi connectivity index (χ2n) is 12.4. The highest BCUT2D eigenvalue weighted by Gasteiger charge is 2.20. The molecule has 0 amide bonds. The second-order valence-corrected chi connectivity index (χ2v) is 12.4. The lowest BCUT2D eigenvalue weighted by Gasteiger charge is -2.13. The number of furan rings is 1. The van der Waals surface area contributed by atoms with Crippen LogP contribution in [0.4, 0.5) is 0 Å². The summed E-state index contributed by atoms with van der Waals surface area (Å²) in [7, 11) is 0. The van der Waals surface area contributed by atoms with Gasteiger partial charge in [-0.1, -0.05) is 133 Å². The Kier molecular flexibility index (Phi) is 6.15. The number of fused-ring (bicyclic) bond motifs is 7. The van der Waals surface area contributed by atoms with Crippen LogP contribution in [0.5, 0.6) is 0 Å². The van der Waals surface area contributed by atoms with E-state index in [0.29, 0.717) is 17.5 Å². The zero-order valence-corrected chi connectivity index (χ0v) is 26.3. The number of hydrogen-bond acceptors (Lipinski definition) is 4. The Morgan fingerprint density at radius 2 is 1.00 bits per heavy atom. The Morgan fingerprint density at radius 3 is 1.86 bits per heavy atom. The lowest BCUT2D eigenvalue weighted by Crippen LogP contribution is -2.01. The Hall–Kier alpha value is -6.65. The molecular weight excluding hydrogens is 599 g/mol. The summed E-state index contributed by atoms with van der Waals surface area (Å²) in [5, 5.41) is 8.89. The van der Waals surface area contributed by atoms with E-state index in [4.69, 9.17) is 19.4 Å². The summed E-state index contributed by atoms with van der Waals surface area (Å²) in [6.45, 7) is 0. The third kappa shape index (κ3) is 4.57. The molecule has 0 radical (unpaired) electrons. The molecule has 0 atom stereocenters. The molecule has 4 nitrogen and oxygen atoms in total. The van der Waals surface area contributed by atoms with E-state index >= 15 is 0 Å². The van der Waals surface area contributed by atoms with Crippen molar-refractivity contribution in [1.29, 1.82) is 0 Å². The fraction of sp³-hybridized carbons (Fsp3) is 0. The van der Waals surface area contributed by atoms with E-state index in [1.54, 1.807) is 0 Å². The van der Waals surface area contributed by atoms with Crippen molar-refractivity contribution in [2.24, 2.45) is 0 Å². The first-order valence-corrected chi connectivity index (χ1v) is 16.4. The highest BCUT2D eigenvalue weighted by atomic mass is 16.3. The van der Waals surface area contributed by atoms with E-state index in [2.05, 4.69) is 121 Å². The maximum absolute atomic E-state index is 6.54. The quantitative estimate of drug-likeness (QED) is 0.195. The van der Waals surface area contributed by atoms with Crippen molar-refractivity contribution in [3.8, 4) is 45.3 Å². The number of benzene rings is 8. The fourth-order valence-corrected chi connectivity index (χ4v) is 7.10. The van der Waals surface area contributed by atoms with Gasteiger partial charge in [0.05, 0.1) is 0 Å². The molecule has 0 saturated carbocycles. The maximum atomic E-state index is 6.54. The SMILES string of the molecule is c1ccc(-c2nc(-c3cc(-c4ccc5ccccc5c4)cc4ccccc34)nc(-c3cccc4oc5c6ccccc6ccc5c34)n2)cc1. The van der Waals surface area contributed by atoms with Crippen LogP contribution in [0.3, 0.4) is 0 Å². The molecule has 0 spiro atoms. The fourth-order valence-electron chi connectivity index (χ4n) is 7.10. The van der Waals surface area contributed by atoms with Crippen LogP contribution in [0.1, 0.15) is 0 Å². The molecule has 10 aromatic rings. The van der Waals surface area contributed by atoms with E-state index in [0.717, 1.165) is 71.3 Å². The molecule has 2 aromatic heterocycles. The molecule has 228 valence electrons. The molecule has 49 heavy (non-hydrogen) atoms. The van der Waals surface area contributed by atoms with Crippen LogP contribution in [-0.4, -0.2) is 15.0 Å². The Balaban J connectivity index is 1.24. The molecule has 0 saturated heterocycles. The zero-order valence-electron chi connectivity index (χ0n) is 26.3. The summed E-state index contributed by atoms with van der Waals surface area (Å²) < 4.78 is 6.54. The average molecular weight is 626 g/mol. The van der Waals surface area contributed by atoms with Gasteiger partial charge >= 0.3 is 0 Å². The van der Waals surface area contributed by atoms with Gasteiger partial charge < -0.3 is 4.42 Å². The predicted molar refractivity (Wildman–Crippen MR) is 201 cm³/mol. The van der Waals surface area contributed by atoms with E-state index in [1.807, 2.05) is 42.5 Å². The standard InChI is InChI=1S/C45H27N3O/c1-2-13-30(14-3-1)43-46-44(38-19-10-20-40-41(38)37-24-23-29-12-6-9-18-36(29)42(37)49-40)48-45(47-43)39-27-34(26-33-16-7-8-17-35(33)39)32-22-21-28-11-4-5-15-31(28)25-32/h1-27H. The van der Waals surface area contributed by atoms with Crippen LogP contribution < -0.4 is 0 Å². The largest absolute Gasteiger partial charge is 0.455 e. The van der Waals surface area contributed by atoms with Crippen molar-refractivity contribution >= 4 is 54.3 Å². The predicted octanol–water partition coefficient (Wildman–Crippen LogP) is 11.9. The van der Waals surface area contributed by atoms with Gasteiger partial charge in [0.1, 0.15) is 11.2 Å². The smallest absolute Gasteiger partial charge is 0.164 e. The Labute approximate surface area is 282 Å². The summed E-state index contributed by atoms with van der Waals surface area (Å²) in [5.74, 6) is 1.85. The molecule has 0 bridgehead atoms. The minimum atomic E-state index is 0.602. The maximum Gasteiger partial charge on any atom is 0.164 e. The first-order chi connectivity index (χ1) is 24.3. The topological polar surface area (TPSA) is 51.8 Å². The van der Waals surface area contributed by atoms with Crippen LogP contribution in [0.2, 0.25) is 0 Å². The molecule has 0 unspecified atom stereocenters. The van der Waals surface area contributed by atoms with Gasteiger partial charge in [-0.15, -0.1) is 0 Å². The molecule has 2 heterocycles. The lowest BCUT2D eigenvalue weighted by atomic mass is 9.95. The molecule has 0 aliphatic carbocycles. The van der Waals surface area contributed by atoms with Crippen LogP contribution >= 0.6 is 0 Å². The molecule has 4 heteroatoms. The van der Waals surface area contributed by atoms with Crippen LogP contribution in [0.15, 0.2) is 168 Å². The summed E-state index contributed by atoms with van der Waals surface area (Å²) in [5.41, 5.74) is 6.71. The van der Waals surface area contributed by atoms with E-state index in [-0.39, 0.29) is 0 Å². The second kappa shape index (κ2) is 11.0. The molecular formula is C45H27N3O. The molecule has 10 rings (SSSR count). The van der Waals surface area contributed by atoms with Crippen LogP contribution in [0, 0.1) is 0 Å². The van der Waals surface area contributed by atoms with Crippen molar-refractivity contribution in [1.82, 2.24) is 15.0 Å². The third-order valence-electron chi connectivity index (χ3n) is 9.48. The van der Waals surface area contributed by atoms with Gasteiger partial charge in [0.15, 0.2) is 17.5 Å². The molecule has 0 fully saturated rings. The van der Waals surface area contributed by atoms with Gasteiger partial charge in [-0.3, -0.25) is 0 Å². The van der Waals surface area contributed by atoms with Gasteiger partial charge in [-0.2, -0.15) is 0 Å². The first-order valence-electron chi connectivity index (χ1n) is 16.4. The highest BCUT2D eigenvalue weighted by Crippen LogP contribution is 2.40. The summed E-state index contributed by atoms with van der Waals surface area (Å²) in [6.07, 6.45) is 0. The Morgan fingerprint density at radius 1 is 0.347 bits per heavy atom. The average Bonchev–Trinajstić information content (AvgIpc) is 3.57. The number of hydrogen-bond donors (Lipinski definition) is 0. The van der Waals surface area contributed by atoms with E-state index < -0.39 is 0 Å². The molecule has 0 aliphatic heterocycles. The van der Waals surface area contributed by atoms with Crippen molar-refractivity contribution < 1.29 is 4.42 Å². The summed E-state index contributed by atoms with van der Waals surface area (Å²) in [6, 6.07) is 57.0. The lowest BCUT2D eigenvalue weighted by molar-refractivity contribution is 0.672. The molecule has 0 N–H and O–H groups in total. The monoisotopic (exact) mass is 625 g/mol. The Bertz CT molecular complexity index is 2890. The summed E-state index contributed by atoms with van der Waals surface area (Å²) >= 11 is 0. The van der Waals surface area contributed by atoms with Crippen LogP contribution in [0.25, 0.3) is 99.5 Å². The van der Waals surface area contributed by atoms with Crippen LogP contribution in [-0.2, 0) is 0 Å². The van der Waals surface area contributed by atoms with Gasteiger partial charge in [-0.05, 0) is 68.4 Å². The third-order valence-corrected chi connectivity index (χ3v) is 9.48. The van der Waals surface area contributed by atoms with Crippen molar-refractivity contribution in [2.75, 3.05) is 0 Å². The molecule has 8 aromatic carbocycles. The highest BCUT2D eigenvalue weighted by molar-refractivity contribution is 6.18. The van der Waals surface area contributed by atoms with Gasteiger partial charge in [0.2, 0.25) is 0 Å². The van der Waals surface area contributed by atoms with E-state index in [1.165, 1.54) is 10.8 Å². The van der Waals surface area contributed by atoms with Gasteiger partial charge in [-0.25, -0.2) is 15.0 Å².